The van der Waals surface area contributed by atoms with Crippen molar-refractivity contribution in [2.75, 3.05) is 11.1 Å². The van der Waals surface area contributed by atoms with Crippen LogP contribution in [0.15, 0.2) is 65.8 Å². The predicted octanol–water partition coefficient (Wildman–Crippen LogP) is 5.67. The fraction of sp³-hybridized carbons (Fsp3) is 0.158. The fourth-order valence-electron chi connectivity index (χ4n) is 2.44. The number of halogens is 4. The van der Waals surface area contributed by atoms with Crippen molar-refractivity contribution in [2.24, 2.45) is 0 Å². The van der Waals surface area contributed by atoms with Gasteiger partial charge < -0.3 is 5.32 Å². The quantitative estimate of drug-likeness (QED) is 0.518. The highest BCUT2D eigenvalue weighted by atomic mass is 35.5. The van der Waals surface area contributed by atoms with E-state index in [-0.39, 0.29) is 17.8 Å². The third-order valence-electron chi connectivity index (χ3n) is 3.76. The van der Waals surface area contributed by atoms with Gasteiger partial charge in [0.15, 0.2) is 0 Å². The molecule has 9 heteroatoms. The van der Waals surface area contributed by atoms with Crippen LogP contribution in [0, 0.1) is 0 Å². The van der Waals surface area contributed by atoms with Gasteiger partial charge in [-0.05, 0) is 48.5 Å². The molecule has 4 nitrogen and oxygen atoms in total. The van der Waals surface area contributed by atoms with Crippen molar-refractivity contribution in [1.82, 2.24) is 9.78 Å². The summed E-state index contributed by atoms with van der Waals surface area (Å²) < 4.78 is 41.6. The molecule has 0 fully saturated rings. The minimum atomic E-state index is -4.61. The molecular weight excluding hydrogens is 411 g/mol. The normalized spacial score (nSPS) is 11.4. The first kappa shape index (κ1) is 20.3. The maximum Gasteiger partial charge on any atom is 0.418 e. The van der Waals surface area contributed by atoms with Gasteiger partial charge in [0, 0.05) is 34.5 Å². The smallest absolute Gasteiger partial charge is 0.325 e. The lowest BCUT2D eigenvalue weighted by Crippen LogP contribution is -2.17. The highest BCUT2D eigenvalue weighted by Crippen LogP contribution is 2.36. The summed E-state index contributed by atoms with van der Waals surface area (Å²) in [5.74, 6) is -0.0565. The third-order valence-corrected chi connectivity index (χ3v) is 5.03. The molecule has 1 N–H and O–H groups in total. The Morgan fingerprint density at radius 3 is 2.57 bits per heavy atom. The van der Waals surface area contributed by atoms with E-state index in [4.69, 9.17) is 11.6 Å². The van der Waals surface area contributed by atoms with Crippen LogP contribution >= 0.6 is 23.4 Å². The molecular formula is C19H15ClF3N3OS. The van der Waals surface area contributed by atoms with Gasteiger partial charge in [-0.15, -0.1) is 11.8 Å². The molecule has 0 spiro atoms. The summed E-state index contributed by atoms with van der Waals surface area (Å²) in [6, 6.07) is 12.4. The maximum absolute atomic E-state index is 13.4. The summed E-state index contributed by atoms with van der Waals surface area (Å²) in [6.07, 6.45) is -1.52. The molecule has 1 heterocycles. The average Bonchev–Trinajstić information content (AvgIpc) is 3.17. The number of rotatable bonds is 6. The lowest BCUT2D eigenvalue weighted by Gasteiger charge is -2.15. The largest absolute Gasteiger partial charge is 0.418 e. The zero-order valence-corrected chi connectivity index (χ0v) is 16.0. The topological polar surface area (TPSA) is 46.9 Å². The number of nitrogens with zero attached hydrogens (tertiary/aromatic N) is 2. The summed E-state index contributed by atoms with van der Waals surface area (Å²) in [4.78, 5) is 13.0. The Labute approximate surface area is 168 Å². The van der Waals surface area contributed by atoms with Crippen LogP contribution in [-0.4, -0.2) is 21.4 Å². The number of anilines is 1. The summed E-state index contributed by atoms with van der Waals surface area (Å²) in [6.45, 7) is 0. The van der Waals surface area contributed by atoms with Crippen molar-refractivity contribution in [1.29, 1.82) is 0 Å². The number of thioether (sulfide) groups is 1. The molecule has 0 bridgehead atoms. The summed E-state index contributed by atoms with van der Waals surface area (Å²) in [5.41, 5.74) is -0.933. The lowest BCUT2D eigenvalue weighted by atomic mass is 10.1. The second-order valence-corrected chi connectivity index (χ2v) is 7.38. The number of carbonyl (C=O) groups excluding carboxylic acids is 1. The van der Waals surface area contributed by atoms with Gasteiger partial charge in [0.05, 0.1) is 16.9 Å². The number of benzene rings is 2. The summed E-state index contributed by atoms with van der Waals surface area (Å²) >= 11 is 7.24. The van der Waals surface area contributed by atoms with Gasteiger partial charge in [-0.3, -0.25) is 4.79 Å². The molecule has 2 aromatic carbocycles. The molecule has 0 atom stereocenters. The van der Waals surface area contributed by atoms with Gasteiger partial charge in [-0.25, -0.2) is 4.68 Å². The minimum absolute atomic E-state index is 0.0749. The van der Waals surface area contributed by atoms with E-state index < -0.39 is 17.6 Å². The van der Waals surface area contributed by atoms with Gasteiger partial charge in [0.2, 0.25) is 5.91 Å². The molecule has 1 aromatic heterocycles. The van der Waals surface area contributed by atoms with E-state index in [0.717, 1.165) is 11.0 Å². The molecule has 0 aliphatic carbocycles. The van der Waals surface area contributed by atoms with E-state index in [9.17, 15) is 18.0 Å². The van der Waals surface area contributed by atoms with Gasteiger partial charge in [-0.2, -0.15) is 18.3 Å². The number of aromatic nitrogens is 2. The fourth-order valence-corrected chi connectivity index (χ4v) is 3.42. The average molecular weight is 426 g/mol. The molecule has 0 aliphatic rings. The van der Waals surface area contributed by atoms with Crippen LogP contribution in [0.2, 0.25) is 5.02 Å². The van der Waals surface area contributed by atoms with E-state index in [0.29, 0.717) is 10.8 Å². The number of hydrogen-bond donors (Lipinski definition) is 1. The molecule has 28 heavy (non-hydrogen) atoms. The molecule has 0 saturated carbocycles. The van der Waals surface area contributed by atoms with Crippen LogP contribution in [0.1, 0.15) is 12.0 Å². The van der Waals surface area contributed by atoms with E-state index >= 15 is 0 Å². The molecule has 3 aromatic rings. The molecule has 0 aliphatic heterocycles. The van der Waals surface area contributed by atoms with E-state index in [1.807, 2.05) is 12.1 Å². The Kier molecular flexibility index (Phi) is 6.31. The monoisotopic (exact) mass is 425 g/mol. The third kappa shape index (κ3) is 5.30. The first-order chi connectivity index (χ1) is 13.3. The Hall–Kier alpha value is -2.45. The van der Waals surface area contributed by atoms with Crippen LogP contribution in [0.5, 0.6) is 0 Å². The molecule has 3 rings (SSSR count). The van der Waals surface area contributed by atoms with Crippen molar-refractivity contribution >= 4 is 35.0 Å². The number of alkyl halides is 3. The Morgan fingerprint density at radius 2 is 1.93 bits per heavy atom. The van der Waals surface area contributed by atoms with Gasteiger partial charge in [0.1, 0.15) is 0 Å². The van der Waals surface area contributed by atoms with Crippen LogP contribution < -0.4 is 5.32 Å². The summed E-state index contributed by atoms with van der Waals surface area (Å²) in [7, 11) is 0. The van der Waals surface area contributed by atoms with Crippen LogP contribution in [-0.2, 0) is 11.0 Å². The zero-order valence-electron chi connectivity index (χ0n) is 14.4. The van der Waals surface area contributed by atoms with E-state index in [2.05, 4.69) is 10.4 Å². The highest BCUT2D eigenvalue weighted by Gasteiger charge is 2.34. The van der Waals surface area contributed by atoms with Gasteiger partial charge in [0.25, 0.3) is 0 Å². The minimum Gasteiger partial charge on any atom is -0.325 e. The Morgan fingerprint density at radius 1 is 1.18 bits per heavy atom. The first-order valence-corrected chi connectivity index (χ1v) is 9.59. The molecule has 0 unspecified atom stereocenters. The SMILES string of the molecule is O=C(CCSc1ccc(Cl)cc1)Nc1ccc(-n2cccn2)cc1C(F)(F)F. The number of carbonyl (C=O) groups is 1. The lowest BCUT2D eigenvalue weighted by molar-refractivity contribution is -0.137. The Bertz CT molecular complexity index is 944. The van der Waals surface area contributed by atoms with Crippen LogP contribution in [0.4, 0.5) is 18.9 Å². The van der Waals surface area contributed by atoms with Crippen LogP contribution in [0.25, 0.3) is 5.69 Å². The van der Waals surface area contributed by atoms with Crippen molar-refractivity contribution in [2.45, 2.75) is 17.5 Å². The van der Waals surface area contributed by atoms with Crippen molar-refractivity contribution < 1.29 is 18.0 Å². The summed E-state index contributed by atoms with van der Waals surface area (Å²) in [5, 5.41) is 6.90. The number of amides is 1. The molecule has 0 radical (unpaired) electrons. The maximum atomic E-state index is 13.4. The van der Waals surface area contributed by atoms with Gasteiger partial charge in [-0.1, -0.05) is 11.6 Å². The number of nitrogens with one attached hydrogen (secondary N) is 1. The Balaban J connectivity index is 1.66. The standard InChI is InChI=1S/C19H15ClF3N3OS/c20-13-2-5-15(6-3-13)28-11-8-18(27)25-17-7-4-14(26-10-1-9-24-26)12-16(17)19(21,22)23/h1-7,9-10,12H,8,11H2,(H,25,27). The highest BCUT2D eigenvalue weighted by molar-refractivity contribution is 7.99. The van der Waals surface area contributed by atoms with Crippen molar-refractivity contribution in [3.63, 3.8) is 0 Å². The van der Waals surface area contributed by atoms with E-state index in [1.165, 1.54) is 34.8 Å². The van der Waals surface area contributed by atoms with Crippen LogP contribution in [0.3, 0.4) is 0 Å². The molecule has 1 amide bonds. The zero-order chi connectivity index (χ0) is 20.1. The first-order valence-electron chi connectivity index (χ1n) is 8.22. The molecule has 146 valence electrons. The van der Waals surface area contributed by atoms with Crippen molar-refractivity contribution in [3.8, 4) is 5.69 Å². The number of hydrogen-bond acceptors (Lipinski definition) is 3. The molecule has 0 saturated heterocycles. The second kappa shape index (κ2) is 8.70. The van der Waals surface area contributed by atoms with Gasteiger partial charge >= 0.3 is 6.18 Å². The predicted molar refractivity (Wildman–Crippen MR) is 104 cm³/mol. The van der Waals surface area contributed by atoms with E-state index in [1.54, 1.807) is 24.4 Å². The van der Waals surface area contributed by atoms with Crippen molar-refractivity contribution in [3.05, 3.63) is 71.5 Å². The second-order valence-electron chi connectivity index (χ2n) is 5.78.